The molecular weight excluding hydrogens is 515 g/mol. The molecule has 1 fully saturated rings. The van der Waals surface area contributed by atoms with E-state index in [9.17, 15) is 17.6 Å². The molecule has 0 amide bonds. The van der Waals surface area contributed by atoms with Gasteiger partial charge in [0.15, 0.2) is 5.96 Å². The number of aliphatic imine (C=N–C) groups is 1. The van der Waals surface area contributed by atoms with Crippen LogP contribution in [0, 0.1) is 5.82 Å². The molecule has 6 nitrogen and oxygen atoms in total. The number of guanidine groups is 1. The third-order valence-corrected chi connectivity index (χ3v) is 4.76. The first kappa shape index (κ1) is 24.1. The molecule has 0 radical (unpaired) electrons. The number of anilines is 1. The van der Waals surface area contributed by atoms with Crippen LogP contribution in [0.3, 0.4) is 0 Å². The highest BCUT2D eigenvalue weighted by Gasteiger charge is 2.45. The van der Waals surface area contributed by atoms with Gasteiger partial charge in [-0.2, -0.15) is 13.2 Å². The normalized spacial score (nSPS) is 15.2. The Morgan fingerprint density at radius 3 is 2.50 bits per heavy atom. The number of hydrogen-bond acceptors (Lipinski definition) is 4. The minimum atomic E-state index is -4.51. The van der Waals surface area contributed by atoms with Gasteiger partial charge in [0.05, 0.1) is 0 Å². The molecule has 30 heavy (non-hydrogen) atoms. The predicted octanol–water partition coefficient (Wildman–Crippen LogP) is 3.56. The first-order valence-electron chi connectivity index (χ1n) is 9.18. The lowest BCUT2D eigenvalue weighted by atomic mass is 9.95. The number of rotatable bonds is 7. The summed E-state index contributed by atoms with van der Waals surface area (Å²) in [6.45, 7) is 1.21. The van der Waals surface area contributed by atoms with Gasteiger partial charge in [0.2, 0.25) is 5.95 Å². The molecule has 1 heterocycles. The lowest BCUT2D eigenvalue weighted by Crippen LogP contribution is -2.43. The molecule has 1 aromatic carbocycles. The Bertz CT molecular complexity index is 870. The summed E-state index contributed by atoms with van der Waals surface area (Å²) in [4.78, 5) is 11.3. The van der Waals surface area contributed by atoms with Gasteiger partial charge in [-0.05, 0) is 30.5 Å². The SMILES string of the molecule is CN=C(NCCNc1nccc(C(F)(F)F)n1)NCC1(c2ccccc2F)CC1.I. The van der Waals surface area contributed by atoms with E-state index in [1.807, 2.05) is 6.07 Å². The monoisotopic (exact) mass is 538 g/mol. The summed E-state index contributed by atoms with van der Waals surface area (Å²) in [5, 5.41) is 8.98. The van der Waals surface area contributed by atoms with Gasteiger partial charge in [0.25, 0.3) is 0 Å². The molecule has 0 bridgehead atoms. The summed E-state index contributed by atoms with van der Waals surface area (Å²) in [6.07, 6.45) is -1.66. The van der Waals surface area contributed by atoms with Crippen LogP contribution in [-0.4, -0.2) is 42.6 Å². The molecular formula is C19H23F4IN6. The van der Waals surface area contributed by atoms with Crippen LogP contribution in [0.25, 0.3) is 0 Å². The molecule has 164 valence electrons. The largest absolute Gasteiger partial charge is 0.433 e. The zero-order valence-corrected chi connectivity index (χ0v) is 18.6. The molecule has 0 spiro atoms. The molecule has 11 heteroatoms. The van der Waals surface area contributed by atoms with Crippen LogP contribution in [0.15, 0.2) is 41.5 Å². The second-order valence-corrected chi connectivity index (χ2v) is 6.80. The Balaban J connectivity index is 0.00000320. The van der Waals surface area contributed by atoms with Gasteiger partial charge in [-0.1, -0.05) is 18.2 Å². The van der Waals surface area contributed by atoms with Gasteiger partial charge in [0.1, 0.15) is 11.5 Å². The highest BCUT2D eigenvalue weighted by Crippen LogP contribution is 2.48. The van der Waals surface area contributed by atoms with Crippen LogP contribution in [0.4, 0.5) is 23.5 Å². The van der Waals surface area contributed by atoms with Crippen LogP contribution in [0.5, 0.6) is 0 Å². The molecule has 0 aliphatic heterocycles. The zero-order valence-electron chi connectivity index (χ0n) is 16.3. The quantitative estimate of drug-likeness (QED) is 0.165. The molecule has 1 saturated carbocycles. The summed E-state index contributed by atoms with van der Waals surface area (Å²) in [7, 11) is 1.61. The maximum Gasteiger partial charge on any atom is 0.433 e. The average Bonchev–Trinajstić information content (AvgIpc) is 3.48. The second-order valence-electron chi connectivity index (χ2n) is 6.80. The lowest BCUT2D eigenvalue weighted by Gasteiger charge is -2.19. The number of benzene rings is 1. The fourth-order valence-corrected chi connectivity index (χ4v) is 3.01. The van der Waals surface area contributed by atoms with E-state index in [4.69, 9.17) is 0 Å². The standard InChI is InChI=1S/C19H22F4N6.HI/c1-24-16(28-12-18(7-8-18)13-4-2-3-5-14(13)20)26-10-11-27-17-25-9-6-15(29-17)19(21,22)23;/h2-6,9H,7-8,10-12H2,1H3,(H2,24,26,28)(H,25,27,29);1H. The van der Waals surface area contributed by atoms with Gasteiger partial charge in [-0.25, -0.2) is 14.4 Å². The number of nitrogens with zero attached hydrogens (tertiary/aromatic N) is 3. The van der Waals surface area contributed by atoms with Crippen molar-refractivity contribution < 1.29 is 17.6 Å². The van der Waals surface area contributed by atoms with Crippen LogP contribution in [0.2, 0.25) is 0 Å². The third kappa shape index (κ3) is 6.16. The summed E-state index contributed by atoms with van der Waals surface area (Å²) in [6, 6.07) is 7.58. The number of alkyl halides is 3. The van der Waals surface area contributed by atoms with E-state index in [2.05, 4.69) is 30.9 Å². The molecule has 2 aromatic rings. The molecule has 3 N–H and O–H groups in total. The fourth-order valence-electron chi connectivity index (χ4n) is 3.01. The highest BCUT2D eigenvalue weighted by atomic mass is 127. The number of aromatic nitrogens is 2. The van der Waals surface area contributed by atoms with E-state index in [1.165, 1.54) is 6.07 Å². The molecule has 1 aromatic heterocycles. The maximum atomic E-state index is 14.1. The minimum Gasteiger partial charge on any atom is -0.356 e. The lowest BCUT2D eigenvalue weighted by molar-refractivity contribution is -0.141. The predicted molar refractivity (Wildman–Crippen MR) is 118 cm³/mol. The smallest absolute Gasteiger partial charge is 0.356 e. The van der Waals surface area contributed by atoms with Gasteiger partial charge in [-0.3, -0.25) is 4.99 Å². The molecule has 0 saturated heterocycles. The summed E-state index contributed by atoms with van der Waals surface area (Å²) in [5.74, 6) is 0.223. The van der Waals surface area contributed by atoms with Crippen molar-refractivity contribution in [2.24, 2.45) is 4.99 Å². The van der Waals surface area contributed by atoms with Gasteiger partial charge < -0.3 is 16.0 Å². The van der Waals surface area contributed by atoms with Crippen LogP contribution >= 0.6 is 24.0 Å². The first-order chi connectivity index (χ1) is 13.8. The van der Waals surface area contributed by atoms with Gasteiger partial charge in [0, 0.05) is 38.3 Å². The Morgan fingerprint density at radius 2 is 1.87 bits per heavy atom. The molecule has 1 aliphatic carbocycles. The van der Waals surface area contributed by atoms with Crippen molar-refractivity contribution in [3.8, 4) is 0 Å². The zero-order chi connectivity index (χ0) is 20.9. The Hall–Kier alpha value is -2.18. The van der Waals surface area contributed by atoms with E-state index < -0.39 is 11.9 Å². The van der Waals surface area contributed by atoms with Crippen LogP contribution in [0.1, 0.15) is 24.1 Å². The van der Waals surface area contributed by atoms with Crippen LogP contribution in [-0.2, 0) is 11.6 Å². The summed E-state index contributed by atoms with van der Waals surface area (Å²) < 4.78 is 52.1. The Labute approximate surface area is 189 Å². The van der Waals surface area contributed by atoms with E-state index in [0.29, 0.717) is 31.2 Å². The van der Waals surface area contributed by atoms with Crippen molar-refractivity contribution in [2.45, 2.75) is 24.4 Å². The number of nitrogens with one attached hydrogen (secondary N) is 3. The first-order valence-corrected chi connectivity index (χ1v) is 9.18. The van der Waals surface area contributed by atoms with E-state index in [1.54, 1.807) is 19.2 Å². The fraction of sp³-hybridized carbons (Fsp3) is 0.421. The third-order valence-electron chi connectivity index (χ3n) is 4.76. The molecule has 0 atom stereocenters. The van der Waals surface area contributed by atoms with Crippen molar-refractivity contribution in [3.63, 3.8) is 0 Å². The van der Waals surface area contributed by atoms with Crippen molar-refractivity contribution in [3.05, 3.63) is 53.6 Å². The molecule has 1 aliphatic rings. The summed E-state index contributed by atoms with van der Waals surface area (Å²) >= 11 is 0. The average molecular weight is 538 g/mol. The van der Waals surface area contributed by atoms with Crippen molar-refractivity contribution in [1.82, 2.24) is 20.6 Å². The molecule has 0 unspecified atom stereocenters. The van der Waals surface area contributed by atoms with E-state index in [-0.39, 0.29) is 41.2 Å². The number of hydrogen-bond donors (Lipinski definition) is 3. The van der Waals surface area contributed by atoms with Crippen molar-refractivity contribution >= 4 is 35.9 Å². The van der Waals surface area contributed by atoms with Crippen molar-refractivity contribution in [1.29, 1.82) is 0 Å². The van der Waals surface area contributed by atoms with Crippen LogP contribution < -0.4 is 16.0 Å². The topological polar surface area (TPSA) is 74.2 Å². The minimum absolute atomic E-state index is 0. The summed E-state index contributed by atoms with van der Waals surface area (Å²) in [5.41, 5.74) is -0.526. The second kappa shape index (κ2) is 10.2. The maximum absolute atomic E-state index is 14.1. The number of halogens is 5. The van der Waals surface area contributed by atoms with Crippen molar-refractivity contribution in [2.75, 3.05) is 32.0 Å². The van der Waals surface area contributed by atoms with Gasteiger partial charge in [-0.15, -0.1) is 24.0 Å². The van der Waals surface area contributed by atoms with E-state index >= 15 is 0 Å². The van der Waals surface area contributed by atoms with Gasteiger partial charge >= 0.3 is 6.18 Å². The Morgan fingerprint density at radius 1 is 1.13 bits per heavy atom. The molecule has 3 rings (SSSR count). The highest BCUT2D eigenvalue weighted by molar-refractivity contribution is 14.0. The van der Waals surface area contributed by atoms with E-state index in [0.717, 1.165) is 25.1 Å². The Kier molecular flexibility index (Phi) is 8.21.